The molecule has 0 aliphatic heterocycles. The van der Waals surface area contributed by atoms with Gasteiger partial charge in [0.25, 0.3) is 0 Å². The van der Waals surface area contributed by atoms with Crippen LogP contribution in [-0.4, -0.2) is 0 Å². The van der Waals surface area contributed by atoms with Gasteiger partial charge < -0.3 is 0 Å². The Hall–Kier alpha value is -1.45. The Morgan fingerprint density at radius 1 is 1.00 bits per heavy atom. The van der Waals surface area contributed by atoms with Crippen LogP contribution in [0.4, 0.5) is 0 Å². The first-order valence-corrected chi connectivity index (χ1v) is 2.10. The highest BCUT2D eigenvalue weighted by Crippen LogP contribution is 1.51. The first kappa shape index (κ1) is 6.55. The molecule has 0 saturated carbocycles. The van der Waals surface area contributed by atoms with Crippen LogP contribution in [0.3, 0.4) is 0 Å². The SMILES string of the molecule is [CH2-]C#CC#CC#CC. The smallest absolute Gasteiger partial charge is 0.00168 e. The Balaban J connectivity index is 3.75. The first-order valence-electron chi connectivity index (χ1n) is 2.10. The predicted octanol–water partition coefficient (Wildman–Crippen LogP) is 0.851. The van der Waals surface area contributed by atoms with Crippen LogP contribution in [0.5, 0.6) is 0 Å². The van der Waals surface area contributed by atoms with Gasteiger partial charge in [0.05, 0.1) is 0 Å². The highest BCUT2D eigenvalue weighted by atomic mass is 13.5. The zero-order valence-electron chi connectivity index (χ0n) is 4.71. The van der Waals surface area contributed by atoms with Crippen molar-refractivity contribution in [1.82, 2.24) is 0 Å². The van der Waals surface area contributed by atoms with Crippen molar-refractivity contribution in [2.24, 2.45) is 0 Å². The predicted molar refractivity (Wildman–Crippen MR) is 34.4 cm³/mol. The molecule has 0 heterocycles. The Labute approximate surface area is 50.3 Å². The Bertz CT molecular complexity index is 190. The average Bonchev–Trinajstić information content (AvgIpc) is 1.81. The van der Waals surface area contributed by atoms with Gasteiger partial charge in [-0.1, -0.05) is 5.92 Å². The molecular weight excluding hydrogens is 96.1 g/mol. The van der Waals surface area contributed by atoms with E-state index in [0.29, 0.717) is 0 Å². The van der Waals surface area contributed by atoms with E-state index in [1.165, 1.54) is 0 Å². The molecule has 0 aromatic heterocycles. The van der Waals surface area contributed by atoms with Crippen LogP contribution < -0.4 is 0 Å². The molecule has 0 bridgehead atoms. The molecule has 0 amide bonds. The van der Waals surface area contributed by atoms with Crippen LogP contribution >= 0.6 is 0 Å². The summed E-state index contributed by atoms with van der Waals surface area (Å²) in [7, 11) is 0. The summed E-state index contributed by atoms with van der Waals surface area (Å²) in [6.07, 6.45) is 0. The molecule has 0 atom stereocenters. The molecule has 0 heteroatoms. The molecule has 0 rings (SSSR count). The average molecular weight is 101 g/mol. The summed E-state index contributed by atoms with van der Waals surface area (Å²) in [5.41, 5.74) is 0. The quantitative estimate of drug-likeness (QED) is 0.313. The van der Waals surface area contributed by atoms with Crippen molar-refractivity contribution in [3.63, 3.8) is 0 Å². The third-order valence-corrected chi connectivity index (χ3v) is 0.401. The van der Waals surface area contributed by atoms with Gasteiger partial charge in [-0.15, -0.1) is 5.92 Å². The lowest BCUT2D eigenvalue weighted by molar-refractivity contribution is 1.92. The van der Waals surface area contributed by atoms with Gasteiger partial charge in [-0.3, -0.25) is 5.92 Å². The van der Waals surface area contributed by atoms with Gasteiger partial charge >= 0.3 is 0 Å². The lowest BCUT2D eigenvalue weighted by atomic mass is 10.5. The Morgan fingerprint density at radius 3 is 2.12 bits per heavy atom. The van der Waals surface area contributed by atoms with Crippen molar-refractivity contribution in [2.75, 3.05) is 0 Å². The third-order valence-electron chi connectivity index (χ3n) is 0.401. The van der Waals surface area contributed by atoms with E-state index in [1.807, 2.05) is 0 Å². The van der Waals surface area contributed by atoms with Gasteiger partial charge in [0, 0.05) is 0 Å². The van der Waals surface area contributed by atoms with Gasteiger partial charge in [0.15, 0.2) is 0 Å². The molecule has 0 fully saturated rings. The van der Waals surface area contributed by atoms with Gasteiger partial charge in [-0.05, 0) is 18.8 Å². The fourth-order valence-electron chi connectivity index (χ4n) is 0.169. The van der Waals surface area contributed by atoms with Crippen LogP contribution in [-0.2, 0) is 0 Å². The largest absolute Gasteiger partial charge is 0.284 e. The molecule has 0 nitrogen and oxygen atoms in total. The van der Waals surface area contributed by atoms with Crippen LogP contribution in [0, 0.1) is 42.4 Å². The monoisotopic (exact) mass is 101 g/mol. The molecule has 0 N–H and O–H groups in total. The highest BCUT2D eigenvalue weighted by Gasteiger charge is 1.41. The number of rotatable bonds is 0. The molecule has 0 spiro atoms. The summed E-state index contributed by atoms with van der Waals surface area (Å²) < 4.78 is 0. The second kappa shape index (κ2) is 5.55. The van der Waals surface area contributed by atoms with Crippen LogP contribution in [0.2, 0.25) is 0 Å². The molecule has 0 unspecified atom stereocenters. The maximum absolute atomic E-state index is 3.27. The summed E-state index contributed by atoms with van der Waals surface area (Å²) in [6, 6.07) is 0. The van der Waals surface area contributed by atoms with E-state index in [2.05, 4.69) is 42.4 Å². The minimum absolute atomic E-state index is 1.73. The summed E-state index contributed by atoms with van der Waals surface area (Å²) in [5.74, 6) is 15.0. The summed E-state index contributed by atoms with van der Waals surface area (Å²) in [4.78, 5) is 0. The molecular formula is C8H5-. The fourth-order valence-corrected chi connectivity index (χ4v) is 0.169. The molecule has 0 aromatic rings. The van der Waals surface area contributed by atoms with E-state index in [4.69, 9.17) is 0 Å². The zero-order chi connectivity index (χ0) is 6.24. The normalized spacial score (nSPS) is 3.62. The van der Waals surface area contributed by atoms with Crippen molar-refractivity contribution >= 4 is 0 Å². The van der Waals surface area contributed by atoms with Crippen LogP contribution in [0.15, 0.2) is 0 Å². The van der Waals surface area contributed by atoms with Crippen molar-refractivity contribution < 1.29 is 0 Å². The molecule has 0 radical (unpaired) electrons. The van der Waals surface area contributed by atoms with Crippen molar-refractivity contribution in [1.29, 1.82) is 0 Å². The lowest BCUT2D eigenvalue weighted by Gasteiger charge is -1.64. The molecule has 0 aromatic carbocycles. The molecule has 38 valence electrons. The van der Waals surface area contributed by atoms with E-state index >= 15 is 0 Å². The summed E-state index contributed by atoms with van der Waals surface area (Å²) in [5, 5.41) is 0. The Morgan fingerprint density at radius 2 is 1.62 bits per heavy atom. The van der Waals surface area contributed by atoms with E-state index in [0.717, 1.165) is 0 Å². The second-order valence-electron chi connectivity index (χ2n) is 0.927. The first-order chi connectivity index (χ1) is 3.91. The van der Waals surface area contributed by atoms with E-state index in [1.54, 1.807) is 6.92 Å². The van der Waals surface area contributed by atoms with E-state index < -0.39 is 0 Å². The van der Waals surface area contributed by atoms with Gasteiger partial charge in [0.2, 0.25) is 0 Å². The minimum Gasteiger partial charge on any atom is -0.284 e. The minimum atomic E-state index is 1.73. The summed E-state index contributed by atoms with van der Waals surface area (Å²) >= 11 is 0. The topological polar surface area (TPSA) is 0 Å². The van der Waals surface area contributed by atoms with Crippen LogP contribution in [0.25, 0.3) is 0 Å². The molecule has 8 heavy (non-hydrogen) atoms. The Kier molecular flexibility index (Phi) is 4.54. The maximum atomic E-state index is 3.27. The molecule has 0 saturated heterocycles. The molecule has 0 aliphatic carbocycles. The van der Waals surface area contributed by atoms with Crippen molar-refractivity contribution in [3.05, 3.63) is 6.92 Å². The lowest BCUT2D eigenvalue weighted by Crippen LogP contribution is -1.48. The van der Waals surface area contributed by atoms with E-state index in [9.17, 15) is 0 Å². The van der Waals surface area contributed by atoms with E-state index in [-0.39, 0.29) is 0 Å². The third kappa shape index (κ3) is 4.55. The number of hydrogen-bond donors (Lipinski definition) is 0. The van der Waals surface area contributed by atoms with Gasteiger partial charge in [-0.25, -0.2) is 5.92 Å². The maximum Gasteiger partial charge on any atom is -0.00168 e. The van der Waals surface area contributed by atoms with Crippen molar-refractivity contribution in [2.45, 2.75) is 6.92 Å². The fraction of sp³-hybridized carbons (Fsp3) is 0.125. The van der Waals surface area contributed by atoms with Crippen molar-refractivity contribution in [3.8, 4) is 35.5 Å². The zero-order valence-corrected chi connectivity index (χ0v) is 4.71. The highest BCUT2D eigenvalue weighted by molar-refractivity contribution is 5.35. The van der Waals surface area contributed by atoms with Gasteiger partial charge in [0.1, 0.15) is 0 Å². The van der Waals surface area contributed by atoms with Gasteiger partial charge in [-0.2, -0.15) is 6.92 Å². The standard InChI is InChI=1S/C8H5/c1-3-5-7-8-6-4-2/h1H2,2H3/q-1. The summed E-state index contributed by atoms with van der Waals surface area (Å²) in [6.45, 7) is 5.00. The second-order valence-corrected chi connectivity index (χ2v) is 0.927. The number of hydrogen-bond acceptors (Lipinski definition) is 0. The van der Waals surface area contributed by atoms with Crippen LogP contribution in [0.1, 0.15) is 6.92 Å². The molecule has 0 aliphatic rings.